The van der Waals surface area contributed by atoms with Crippen LogP contribution in [0.3, 0.4) is 0 Å². The predicted molar refractivity (Wildman–Crippen MR) is 600 cm³/mol. The minimum absolute atomic E-state index is 0.00337. The van der Waals surface area contributed by atoms with Crippen molar-refractivity contribution in [1.82, 2.24) is 71.8 Å². The van der Waals surface area contributed by atoms with E-state index in [1.165, 1.54) is 55.2 Å². The molecule has 0 spiro atoms. The zero-order chi connectivity index (χ0) is 104. The molecule has 3 saturated carbocycles. The molecule has 1 aromatic carbocycles. The number of allylic oxidation sites excluding steroid dienone is 1. The normalized spacial score (nSPS) is 17.0. The van der Waals surface area contributed by atoms with E-state index in [1.807, 2.05) is 86.0 Å². The molecule has 145 heavy (non-hydrogen) atoms. The number of aldehydes is 1. The first-order valence-electron chi connectivity index (χ1n) is 51.1. The average molecular weight is 2100 g/mol. The number of hydroxylamine groups is 2. The van der Waals surface area contributed by atoms with Gasteiger partial charge in [0, 0.05) is 256 Å². The Hall–Kier alpha value is -10.2. The highest BCUT2D eigenvalue weighted by atomic mass is 35.5. The van der Waals surface area contributed by atoms with Gasteiger partial charge in [0.25, 0.3) is 0 Å². The summed E-state index contributed by atoms with van der Waals surface area (Å²) in [5, 5.41) is 21.8. The van der Waals surface area contributed by atoms with E-state index in [4.69, 9.17) is 58.1 Å². The Morgan fingerprint density at radius 3 is 1.08 bits per heavy atom. The Balaban J connectivity index is 0.000000153. The first-order valence-corrected chi connectivity index (χ1v) is 70.4. The molecule has 0 unspecified atom stereocenters. The zero-order valence-electron chi connectivity index (χ0n) is 87.9. The van der Waals surface area contributed by atoms with Crippen molar-refractivity contribution in [1.29, 1.82) is 0 Å². The highest BCUT2D eigenvalue weighted by Gasteiger charge is 2.30. The summed E-state index contributed by atoms with van der Waals surface area (Å²) in [5.41, 5.74) is 8.92. The molecule has 3 aliphatic carbocycles. The molecule has 3 aliphatic rings. The summed E-state index contributed by atoms with van der Waals surface area (Å²) < 4.78 is 46.1. The number of aromatic nitrogens is 13. The lowest BCUT2D eigenvalue weighted by Crippen LogP contribution is -2.27. The van der Waals surface area contributed by atoms with E-state index in [9.17, 15) is 33.9 Å². The molecule has 0 radical (unpaired) electrons. The van der Waals surface area contributed by atoms with Gasteiger partial charge in [0.15, 0.2) is 22.1 Å². The Morgan fingerprint density at radius 1 is 0.434 bits per heavy atom. The number of hydrogen-bond acceptors (Lipinski definition) is 20. The molecule has 0 bridgehead atoms. The molecule has 0 aliphatic heterocycles. The fraction of sp³-hybridized carbons (Fsp3) is 0.482. The van der Waals surface area contributed by atoms with E-state index in [0.717, 1.165) is 202 Å². The van der Waals surface area contributed by atoms with E-state index in [2.05, 4.69) is 195 Å². The number of ketones is 2. The highest BCUT2D eigenvalue weighted by molar-refractivity contribution is 6.77. The fourth-order valence-corrected chi connectivity index (χ4v) is 22.9. The minimum Gasteiger partial charge on any atom is -0.396 e. The van der Waals surface area contributed by atoms with Crippen LogP contribution < -0.4 is 21.6 Å². The first-order chi connectivity index (χ1) is 69.2. The summed E-state index contributed by atoms with van der Waals surface area (Å²) in [7, 11) is -2.35. The number of halogens is 2. The largest absolute Gasteiger partial charge is 0.396 e. The maximum atomic E-state index is 12.8. The van der Waals surface area contributed by atoms with E-state index in [0.29, 0.717) is 112 Å². The number of benzene rings is 1. The molecular weight excluding hydrogens is 1950 g/mol. The number of hydrogen-bond donors (Lipinski definition) is 2. The van der Waals surface area contributed by atoms with Gasteiger partial charge in [-0.05, 0) is 167 Å². The molecule has 35 heteroatoms. The zero-order valence-corrected chi connectivity index (χ0v) is 94.4. The molecule has 0 amide bonds. The average Bonchev–Trinajstić information content (AvgIpc) is 1.64. The van der Waals surface area contributed by atoms with Crippen molar-refractivity contribution in [2.75, 3.05) is 60.3 Å². The van der Waals surface area contributed by atoms with Crippen LogP contribution in [-0.2, 0) is 73.5 Å². The Kier molecular flexibility index (Phi) is 39.5. The van der Waals surface area contributed by atoms with E-state index >= 15 is 0 Å². The van der Waals surface area contributed by atoms with Crippen molar-refractivity contribution in [3.63, 3.8) is 0 Å². The summed E-state index contributed by atoms with van der Waals surface area (Å²) in [4.78, 5) is 100. The molecule has 2 N–H and O–H groups in total. The van der Waals surface area contributed by atoms with E-state index < -0.39 is 46.2 Å². The molecule has 13 heterocycles. The topological polar surface area (TPSA) is 297 Å². The van der Waals surface area contributed by atoms with Crippen molar-refractivity contribution >= 4 is 169 Å². The van der Waals surface area contributed by atoms with Crippen LogP contribution in [0.4, 0.5) is 0 Å². The van der Waals surface area contributed by atoms with Gasteiger partial charge in [-0.2, -0.15) is 0 Å². The van der Waals surface area contributed by atoms with Gasteiger partial charge in [-0.25, -0.2) is 24.9 Å². The van der Waals surface area contributed by atoms with Crippen LogP contribution in [0.25, 0.3) is 87.9 Å². The van der Waals surface area contributed by atoms with Gasteiger partial charge >= 0.3 is 0 Å². The number of rotatable bonds is 39. The van der Waals surface area contributed by atoms with Crippen LogP contribution in [0.2, 0.25) is 138 Å². The number of aliphatic hydroxyl groups excluding tert-OH is 1. The molecule has 13 aromatic heterocycles. The number of carbonyl (C=O) groups is 3. The van der Waals surface area contributed by atoms with Gasteiger partial charge < -0.3 is 75.4 Å². The minimum atomic E-state index is -1.12. The second-order valence-corrected chi connectivity index (χ2v) is 73.7. The van der Waals surface area contributed by atoms with Crippen LogP contribution in [-0.4, -0.2) is 190 Å². The summed E-state index contributed by atoms with van der Waals surface area (Å²) in [5.74, 6) is 2.64. The standard InChI is InChI=1S/C30H40N4O2Si.C23H33N3O3Si.C23H31N3O3Si.C18H26ClN3O3Si.C16H19ClN2O2Si/c1-37(2,3)18-17-36-22-33-15-13-26-29-27(21-32-30(26)33)28(35)14-16-34(29)25-11-9-24(10-12-25)20-31-19-23-7-5-4-6-8-23;2*1-30(2,3)13-12-29-16-25-10-8-19-22-20(14-24-23(19)25)21(28)9-11-26(22)18-6-4-17(15-27)5-7-18;1-21(24-2)8-7-16(23)15-12-20-18-14(17(15)19)6-9-22(18)13-25-10-11-26(3,4)5;1-5-14(20)13-10-18-16-12(15(13)17)6-7-19(16)11-21-8-9-22(2,3)4/h4-8,13-16,21,24-25,31H,9-12,17-20,22H2,1-3H3;8-11,14,17-18,27H,4-7,12-13,15-16H2,1-3H3;8-11,14-15,17-18H,4-7,12-13,16H2,1-3H3;6-9,12H,10-11,13H2,1-5H3;1,6-7,10H,8-9,11H2,2-4H3/b;;;8-7+;. The second-order valence-electron chi connectivity index (χ2n) is 44.9. The number of terminal acetylenes is 1. The summed E-state index contributed by atoms with van der Waals surface area (Å²) in [6.45, 7) is 43.4. The molecule has 14 aromatic rings. The number of nitrogens with zero attached hydrogens (tertiary/aromatic N) is 14. The predicted octanol–water partition coefficient (Wildman–Crippen LogP) is 23.2. The Bertz CT molecular complexity index is 7010. The molecule has 28 nitrogen and oxygen atoms in total. The van der Waals surface area contributed by atoms with Crippen molar-refractivity contribution in [3.8, 4) is 12.3 Å². The second kappa shape index (κ2) is 51.1. The van der Waals surface area contributed by atoms with Crippen LogP contribution in [0.1, 0.15) is 121 Å². The van der Waals surface area contributed by atoms with E-state index in [-0.39, 0.29) is 40.2 Å². The number of Topliss-reactive ketones (excluding diaryl/α,β-unsaturated/α-hetero) is 1. The van der Waals surface area contributed by atoms with Crippen molar-refractivity contribution in [2.45, 2.75) is 264 Å². The van der Waals surface area contributed by atoms with Gasteiger partial charge in [0.1, 0.15) is 68.2 Å². The van der Waals surface area contributed by atoms with Crippen LogP contribution in [0.15, 0.2) is 186 Å². The van der Waals surface area contributed by atoms with Crippen LogP contribution >= 0.6 is 23.2 Å². The number of fused-ring (bicyclic) bond motifs is 11. The molecule has 3 fully saturated rings. The highest BCUT2D eigenvalue weighted by Crippen LogP contribution is 2.40. The van der Waals surface area contributed by atoms with Crippen LogP contribution in [0.5, 0.6) is 0 Å². The van der Waals surface area contributed by atoms with Crippen molar-refractivity contribution in [3.05, 3.63) is 229 Å². The Morgan fingerprint density at radius 2 is 0.752 bits per heavy atom. The first kappa shape index (κ1) is 112. The molecule has 17 rings (SSSR count). The Labute approximate surface area is 866 Å². The summed E-state index contributed by atoms with van der Waals surface area (Å²) in [6, 6.07) is 32.2. The molecule has 0 saturated heterocycles. The third kappa shape index (κ3) is 30.5. The lowest BCUT2D eigenvalue weighted by molar-refractivity contribution is -0.112. The van der Waals surface area contributed by atoms with Gasteiger partial charge in [-0.1, -0.05) is 152 Å². The van der Waals surface area contributed by atoms with Gasteiger partial charge in [0.05, 0.1) is 61.0 Å². The third-order valence-electron chi connectivity index (χ3n) is 27.6. The maximum Gasteiger partial charge on any atom is 0.238 e. The van der Waals surface area contributed by atoms with Crippen molar-refractivity contribution < 1.29 is 48.0 Å². The third-order valence-corrected chi connectivity index (χ3v) is 36.9. The number of carbonyl (C=O) groups excluding carboxylic acids is 3. The lowest BCUT2D eigenvalue weighted by Gasteiger charge is -2.31. The molecule has 776 valence electrons. The van der Waals surface area contributed by atoms with E-state index in [1.54, 1.807) is 43.8 Å². The lowest BCUT2D eigenvalue weighted by atomic mass is 9.85. The van der Waals surface area contributed by atoms with Crippen LogP contribution in [0, 0.1) is 30.1 Å². The molecular formula is C110H149Cl2N15O13Si5. The van der Waals surface area contributed by atoms with Gasteiger partial charge in [-0.15, -0.1) is 6.42 Å². The number of aliphatic hydroxyl groups is 1. The van der Waals surface area contributed by atoms with Crippen molar-refractivity contribution in [2.24, 2.45) is 17.8 Å². The monoisotopic (exact) mass is 2100 g/mol. The summed E-state index contributed by atoms with van der Waals surface area (Å²) in [6.07, 6.45) is 45.3. The van der Waals surface area contributed by atoms with Gasteiger partial charge in [-0.3, -0.25) is 33.9 Å². The number of ether oxygens (including phenoxy) is 5. The number of pyridine rings is 8. The smallest absolute Gasteiger partial charge is 0.238 e. The quantitative estimate of drug-likeness (QED) is 0.00529. The molecule has 0 atom stereocenters. The number of nitrogens with one attached hydrogen (secondary N) is 1. The maximum absolute atomic E-state index is 12.8. The SMILES string of the molecule is C#CC(=O)c1cnc2c(ccn2COCC[Si](C)(C)C)c1Cl.CON(C)/C=C/C(=O)c1cnc2c(ccn2COCC[Si](C)(C)C)c1Cl.C[Si](C)(C)CCOCn1ccc2c1ncc1c(=O)ccn(C3CCC(C=O)CC3)c12.C[Si](C)(C)CCOCn1ccc2c1ncc1c(=O)ccn(C3CCC(CNCc4ccccc4)CC3)c12.C[Si](C)(C)CCOCn1ccc2c1ncc1c(=O)ccn(C3CCC(CO)CC3)c12. The van der Waals surface area contributed by atoms with Gasteiger partial charge in [0.2, 0.25) is 5.78 Å². The summed E-state index contributed by atoms with van der Waals surface area (Å²) >= 11 is 12.7. The fourth-order valence-electron chi connectivity index (χ4n) is 18.5.